The average molecular weight is 509 g/mol. The van der Waals surface area contributed by atoms with Crippen molar-refractivity contribution in [3.8, 4) is 0 Å². The summed E-state index contributed by atoms with van der Waals surface area (Å²) >= 11 is 0. The Hall–Kier alpha value is -1.61. The number of oxazole rings is 1. The summed E-state index contributed by atoms with van der Waals surface area (Å²) in [7, 11) is 1.88. The van der Waals surface area contributed by atoms with Gasteiger partial charge in [-0.2, -0.15) is 0 Å². The van der Waals surface area contributed by atoms with Crippen LogP contribution in [0.25, 0.3) is 0 Å². The molecule has 0 amide bonds. The Morgan fingerprint density at radius 2 is 1.97 bits per heavy atom. The predicted octanol–water partition coefficient (Wildman–Crippen LogP) is 3.76. The molecule has 6 nitrogen and oxygen atoms in total. The normalized spacial score (nSPS) is 17.9. The standard InChI is InChI=1S/C22H31N5O.HI/c1-16-17(2)28-21(25-16)15-26-11-8-18(9-12-26)14-24-22(23-3)27-13-10-19-6-4-5-7-20(19)27;/h4-7,18H,8-15H2,1-3H3,(H,23,24);1H. The van der Waals surface area contributed by atoms with E-state index in [0.29, 0.717) is 5.92 Å². The first-order chi connectivity index (χ1) is 13.6. The van der Waals surface area contributed by atoms with Gasteiger partial charge in [-0.15, -0.1) is 24.0 Å². The maximum Gasteiger partial charge on any atom is 0.208 e. The molecule has 1 aromatic carbocycles. The Morgan fingerprint density at radius 3 is 2.66 bits per heavy atom. The van der Waals surface area contributed by atoms with Crippen LogP contribution in [-0.4, -0.2) is 49.1 Å². The number of aromatic nitrogens is 1. The van der Waals surface area contributed by atoms with Crippen LogP contribution in [0.1, 0.15) is 35.7 Å². The highest BCUT2D eigenvalue weighted by Crippen LogP contribution is 2.27. The van der Waals surface area contributed by atoms with Crippen LogP contribution in [0.3, 0.4) is 0 Å². The Morgan fingerprint density at radius 1 is 1.21 bits per heavy atom. The SMILES string of the molecule is CN=C(NCC1CCN(Cc2nc(C)c(C)o2)CC1)N1CCc2ccccc21.I. The number of aryl methyl sites for hydroxylation is 2. The predicted molar refractivity (Wildman–Crippen MR) is 128 cm³/mol. The lowest BCUT2D eigenvalue weighted by Gasteiger charge is -2.32. The molecule has 1 fully saturated rings. The van der Waals surface area contributed by atoms with Crippen LogP contribution >= 0.6 is 24.0 Å². The number of guanidine groups is 1. The lowest BCUT2D eigenvalue weighted by Crippen LogP contribution is -2.44. The molecule has 158 valence electrons. The van der Waals surface area contributed by atoms with Crippen LogP contribution in [0.2, 0.25) is 0 Å². The number of para-hydroxylation sites is 1. The van der Waals surface area contributed by atoms with Crippen LogP contribution in [-0.2, 0) is 13.0 Å². The zero-order valence-corrected chi connectivity index (χ0v) is 20.0. The van der Waals surface area contributed by atoms with Gasteiger partial charge in [-0.1, -0.05) is 18.2 Å². The smallest absolute Gasteiger partial charge is 0.208 e. The van der Waals surface area contributed by atoms with E-state index in [-0.39, 0.29) is 24.0 Å². The van der Waals surface area contributed by atoms with Crippen molar-refractivity contribution in [3.05, 3.63) is 47.2 Å². The van der Waals surface area contributed by atoms with Gasteiger partial charge in [0.2, 0.25) is 5.89 Å². The summed E-state index contributed by atoms with van der Waals surface area (Å²) in [6.07, 6.45) is 3.48. The van der Waals surface area contributed by atoms with E-state index in [4.69, 9.17) is 4.42 Å². The lowest BCUT2D eigenvalue weighted by atomic mass is 9.97. The third-order valence-electron chi connectivity index (χ3n) is 6.04. The van der Waals surface area contributed by atoms with E-state index in [1.54, 1.807) is 0 Å². The first-order valence-corrected chi connectivity index (χ1v) is 10.4. The lowest BCUT2D eigenvalue weighted by molar-refractivity contribution is 0.164. The van der Waals surface area contributed by atoms with Crippen LogP contribution in [0.4, 0.5) is 5.69 Å². The number of hydrogen-bond acceptors (Lipinski definition) is 4. The zero-order valence-electron chi connectivity index (χ0n) is 17.6. The van der Waals surface area contributed by atoms with E-state index >= 15 is 0 Å². The molecule has 0 radical (unpaired) electrons. The minimum atomic E-state index is 0. The minimum Gasteiger partial charge on any atom is -0.444 e. The number of nitrogens with one attached hydrogen (secondary N) is 1. The van der Waals surface area contributed by atoms with Gasteiger partial charge in [0, 0.05) is 25.8 Å². The first kappa shape index (κ1) is 22.1. The number of benzene rings is 1. The van der Waals surface area contributed by atoms with E-state index in [1.165, 1.54) is 24.1 Å². The summed E-state index contributed by atoms with van der Waals surface area (Å²) in [4.78, 5) is 13.8. The van der Waals surface area contributed by atoms with E-state index in [2.05, 4.69) is 49.4 Å². The van der Waals surface area contributed by atoms with Crippen LogP contribution < -0.4 is 10.2 Å². The average Bonchev–Trinajstić information content (AvgIpc) is 3.27. The van der Waals surface area contributed by atoms with Crippen molar-refractivity contribution in [1.82, 2.24) is 15.2 Å². The quantitative estimate of drug-likeness (QED) is 0.387. The van der Waals surface area contributed by atoms with Gasteiger partial charge >= 0.3 is 0 Å². The summed E-state index contributed by atoms with van der Waals surface area (Å²) in [5, 5.41) is 3.62. The second-order valence-corrected chi connectivity index (χ2v) is 7.93. The molecular formula is C22H32IN5O. The molecule has 0 atom stereocenters. The molecule has 0 bridgehead atoms. The molecular weight excluding hydrogens is 477 g/mol. The van der Waals surface area contributed by atoms with E-state index < -0.39 is 0 Å². The van der Waals surface area contributed by atoms with Crippen LogP contribution in [0.15, 0.2) is 33.7 Å². The number of aliphatic imine (C=N–C) groups is 1. The van der Waals surface area contributed by atoms with Crippen molar-refractivity contribution >= 4 is 35.6 Å². The third-order valence-corrected chi connectivity index (χ3v) is 6.04. The summed E-state index contributed by atoms with van der Waals surface area (Å²) < 4.78 is 5.74. The molecule has 2 aromatic rings. The number of rotatable bonds is 4. The molecule has 1 saturated heterocycles. The van der Waals surface area contributed by atoms with Gasteiger partial charge in [0.05, 0.1) is 12.2 Å². The molecule has 0 spiro atoms. The van der Waals surface area contributed by atoms with E-state index in [0.717, 1.165) is 62.4 Å². The van der Waals surface area contributed by atoms with Crippen molar-refractivity contribution in [2.24, 2.45) is 10.9 Å². The van der Waals surface area contributed by atoms with Gasteiger partial charge < -0.3 is 14.6 Å². The maximum atomic E-state index is 5.74. The Labute approximate surface area is 190 Å². The number of nitrogens with zero attached hydrogens (tertiary/aromatic N) is 4. The van der Waals surface area contributed by atoms with E-state index in [9.17, 15) is 0 Å². The number of hydrogen-bond donors (Lipinski definition) is 1. The summed E-state index contributed by atoms with van der Waals surface area (Å²) in [6, 6.07) is 8.64. The fourth-order valence-electron chi connectivity index (χ4n) is 4.24. The Balaban J connectivity index is 0.00000240. The second-order valence-electron chi connectivity index (χ2n) is 7.93. The van der Waals surface area contributed by atoms with Crippen LogP contribution in [0.5, 0.6) is 0 Å². The molecule has 3 heterocycles. The largest absolute Gasteiger partial charge is 0.444 e. The molecule has 4 rings (SSSR count). The van der Waals surface area contributed by atoms with Gasteiger partial charge in [0.1, 0.15) is 5.76 Å². The highest BCUT2D eigenvalue weighted by molar-refractivity contribution is 14.0. The van der Waals surface area contributed by atoms with Gasteiger partial charge in [-0.3, -0.25) is 9.89 Å². The number of piperidine rings is 1. The highest BCUT2D eigenvalue weighted by Gasteiger charge is 2.25. The molecule has 29 heavy (non-hydrogen) atoms. The molecule has 0 unspecified atom stereocenters. The summed E-state index contributed by atoms with van der Waals surface area (Å²) in [5.74, 6) is 3.46. The van der Waals surface area contributed by atoms with Crippen LogP contribution in [0, 0.1) is 19.8 Å². The molecule has 7 heteroatoms. The minimum absolute atomic E-state index is 0. The number of halogens is 1. The number of anilines is 1. The fourth-order valence-corrected chi connectivity index (χ4v) is 4.24. The fraction of sp³-hybridized carbons (Fsp3) is 0.545. The van der Waals surface area contributed by atoms with Gasteiger partial charge in [0.25, 0.3) is 0 Å². The van der Waals surface area contributed by atoms with Gasteiger partial charge in [-0.25, -0.2) is 4.98 Å². The molecule has 0 saturated carbocycles. The van der Waals surface area contributed by atoms with Gasteiger partial charge in [0.15, 0.2) is 5.96 Å². The first-order valence-electron chi connectivity index (χ1n) is 10.4. The Bertz CT molecular complexity index is 822. The topological polar surface area (TPSA) is 56.9 Å². The number of likely N-dealkylation sites (tertiary alicyclic amines) is 1. The maximum absolute atomic E-state index is 5.74. The molecule has 1 N–H and O–H groups in total. The molecule has 0 aliphatic carbocycles. The van der Waals surface area contributed by atoms with Crippen molar-refractivity contribution in [2.45, 2.75) is 39.7 Å². The second kappa shape index (κ2) is 9.93. The van der Waals surface area contributed by atoms with Gasteiger partial charge in [-0.05, 0) is 63.7 Å². The number of fused-ring (bicyclic) bond motifs is 1. The molecule has 1 aromatic heterocycles. The summed E-state index contributed by atoms with van der Waals surface area (Å²) in [6.45, 7) is 8.99. The van der Waals surface area contributed by atoms with Crippen molar-refractivity contribution in [3.63, 3.8) is 0 Å². The monoisotopic (exact) mass is 509 g/mol. The third kappa shape index (κ3) is 5.12. The van der Waals surface area contributed by atoms with Crippen molar-refractivity contribution in [2.75, 3.05) is 38.1 Å². The molecule has 2 aliphatic heterocycles. The highest BCUT2D eigenvalue weighted by atomic mass is 127. The summed E-state index contributed by atoms with van der Waals surface area (Å²) in [5.41, 5.74) is 3.71. The zero-order chi connectivity index (χ0) is 19.5. The Kier molecular flexibility index (Phi) is 7.56. The molecule has 2 aliphatic rings. The van der Waals surface area contributed by atoms with Crippen molar-refractivity contribution < 1.29 is 4.42 Å². The van der Waals surface area contributed by atoms with E-state index in [1.807, 2.05) is 20.9 Å². The van der Waals surface area contributed by atoms with Crippen molar-refractivity contribution in [1.29, 1.82) is 0 Å².